The zero-order valence-corrected chi connectivity index (χ0v) is 10.8. The summed E-state index contributed by atoms with van der Waals surface area (Å²) in [4.78, 5) is 18.3. The molecule has 0 aliphatic heterocycles. The monoisotopic (exact) mass is 238 g/mol. The van der Waals surface area contributed by atoms with Gasteiger partial charge in [0.05, 0.1) is 15.7 Å². The first kappa shape index (κ1) is 14.5. The molecule has 0 spiro atoms. The molecule has 0 N–H and O–H groups in total. The van der Waals surface area contributed by atoms with Gasteiger partial charge in [0.2, 0.25) is 0 Å². The van der Waals surface area contributed by atoms with Crippen molar-refractivity contribution in [3.8, 4) is 0 Å². The number of halogens is 1. The molecule has 0 fully saturated rings. The molecule has 0 heterocycles. The predicted octanol–water partition coefficient (Wildman–Crippen LogP) is -1.78. The molecule has 0 aliphatic rings. The molecule has 0 radical (unpaired) electrons. The Morgan fingerprint density at radius 3 is 1.80 bits per heavy atom. The SMILES string of the molecule is O=[N+]([O-])[C-](c1ccc(F)cc1)[N+](=O)[O-].[K+]. The van der Waals surface area contributed by atoms with Crippen molar-refractivity contribution in [2.24, 2.45) is 0 Å². The average Bonchev–Trinajstić information content (AvgIpc) is 2.07. The summed E-state index contributed by atoms with van der Waals surface area (Å²) in [5, 5.41) is 20.5. The van der Waals surface area contributed by atoms with Crippen molar-refractivity contribution in [3.05, 3.63) is 62.0 Å². The first-order valence-electron chi connectivity index (χ1n) is 3.44. The summed E-state index contributed by atoms with van der Waals surface area (Å²) in [6, 6.07) is 3.80. The van der Waals surface area contributed by atoms with E-state index in [-0.39, 0.29) is 56.9 Å². The second kappa shape index (κ2) is 6.13. The molecule has 1 aromatic carbocycles. The van der Waals surface area contributed by atoms with Crippen molar-refractivity contribution >= 4 is 0 Å². The third kappa shape index (κ3) is 3.84. The van der Waals surface area contributed by atoms with Gasteiger partial charge in [0.25, 0.3) is 0 Å². The van der Waals surface area contributed by atoms with Gasteiger partial charge in [0, 0.05) is 0 Å². The Kier molecular flexibility index (Phi) is 5.91. The number of nitrogens with zero attached hydrogens (tertiary/aromatic N) is 2. The zero-order chi connectivity index (χ0) is 10.7. The Morgan fingerprint density at radius 2 is 1.47 bits per heavy atom. The molecule has 8 heteroatoms. The fourth-order valence-corrected chi connectivity index (χ4v) is 0.876. The average molecular weight is 238 g/mol. The Labute approximate surface area is 126 Å². The van der Waals surface area contributed by atoms with E-state index in [1.807, 2.05) is 0 Å². The largest absolute Gasteiger partial charge is 1.00 e. The zero-order valence-electron chi connectivity index (χ0n) is 7.71. The van der Waals surface area contributed by atoms with E-state index in [0.29, 0.717) is 0 Å². The Hall–Kier alpha value is -0.544. The number of rotatable bonds is 3. The molecule has 0 saturated carbocycles. The van der Waals surface area contributed by atoms with E-state index in [2.05, 4.69) is 0 Å². The summed E-state index contributed by atoms with van der Waals surface area (Å²) < 4.78 is 12.4. The van der Waals surface area contributed by atoms with E-state index in [4.69, 9.17) is 0 Å². The molecule has 74 valence electrons. The van der Waals surface area contributed by atoms with Crippen LogP contribution in [0.25, 0.3) is 0 Å². The minimum atomic E-state index is -1.16. The van der Waals surface area contributed by atoms with Crippen molar-refractivity contribution < 1.29 is 65.6 Å². The first-order chi connectivity index (χ1) is 6.52. The third-order valence-electron chi connectivity index (χ3n) is 1.45. The van der Waals surface area contributed by atoms with Crippen LogP contribution in [0.2, 0.25) is 0 Å². The van der Waals surface area contributed by atoms with Gasteiger partial charge in [-0.05, 0) is 5.56 Å². The number of benzene rings is 1. The molecule has 0 saturated heterocycles. The molecular formula is C7H4FKN2O4. The van der Waals surface area contributed by atoms with Gasteiger partial charge in [-0.1, -0.05) is 12.1 Å². The van der Waals surface area contributed by atoms with Crippen LogP contribution >= 0.6 is 0 Å². The molecule has 0 atom stereocenters. The fraction of sp³-hybridized carbons (Fsp3) is 0. The molecule has 6 nitrogen and oxygen atoms in total. The van der Waals surface area contributed by atoms with Crippen molar-refractivity contribution in [2.45, 2.75) is 0 Å². The molecule has 0 unspecified atom stereocenters. The van der Waals surface area contributed by atoms with E-state index < -0.39 is 21.8 Å². The predicted molar refractivity (Wildman–Crippen MR) is 42.7 cm³/mol. The fourth-order valence-electron chi connectivity index (χ4n) is 0.876. The van der Waals surface area contributed by atoms with E-state index in [0.717, 1.165) is 24.3 Å². The van der Waals surface area contributed by atoms with Gasteiger partial charge >= 0.3 is 57.6 Å². The van der Waals surface area contributed by atoms with Crippen molar-refractivity contribution in [1.29, 1.82) is 0 Å². The topological polar surface area (TPSA) is 86.3 Å². The Morgan fingerprint density at radius 1 is 1.07 bits per heavy atom. The van der Waals surface area contributed by atoms with E-state index >= 15 is 0 Å². The molecule has 0 bridgehead atoms. The van der Waals surface area contributed by atoms with Gasteiger partial charge < -0.3 is 0 Å². The molecular weight excluding hydrogens is 234 g/mol. The maximum Gasteiger partial charge on any atom is 1.00 e. The summed E-state index contributed by atoms with van der Waals surface area (Å²) in [5.41, 5.74) is -0.235. The van der Waals surface area contributed by atoms with Crippen LogP contribution < -0.4 is 51.4 Å². The van der Waals surface area contributed by atoms with Gasteiger partial charge in [0.15, 0.2) is 0 Å². The maximum atomic E-state index is 12.4. The minimum Gasteiger partial charge on any atom is -0.265 e. The standard InChI is InChI=1S/C7H4FN2O4.K/c8-6-3-1-5(2-4-6)7(9(11)12)10(13)14;/h1-4H;/q-1;+1. The van der Waals surface area contributed by atoms with Gasteiger partial charge in [-0.3, -0.25) is 20.2 Å². The van der Waals surface area contributed by atoms with Crippen LogP contribution in [-0.2, 0) is 0 Å². The van der Waals surface area contributed by atoms with Gasteiger partial charge in [-0.2, -0.15) is 0 Å². The van der Waals surface area contributed by atoms with Gasteiger partial charge in [0.1, 0.15) is 0 Å². The third-order valence-corrected chi connectivity index (χ3v) is 1.45. The summed E-state index contributed by atoms with van der Waals surface area (Å²) >= 11 is 0. The summed E-state index contributed by atoms with van der Waals surface area (Å²) in [6.45, 7) is 0. The molecule has 0 amide bonds. The van der Waals surface area contributed by atoms with Crippen molar-refractivity contribution in [2.75, 3.05) is 0 Å². The van der Waals surface area contributed by atoms with E-state index in [9.17, 15) is 24.6 Å². The van der Waals surface area contributed by atoms with Gasteiger partial charge in [-0.25, -0.2) is 4.39 Å². The number of hydrogen-bond donors (Lipinski definition) is 0. The van der Waals surface area contributed by atoms with Gasteiger partial charge in [-0.15, -0.1) is 12.1 Å². The van der Waals surface area contributed by atoms with Crippen molar-refractivity contribution in [3.63, 3.8) is 0 Å². The second-order valence-corrected chi connectivity index (χ2v) is 2.34. The molecule has 0 aromatic heterocycles. The van der Waals surface area contributed by atoms with Crippen LogP contribution in [0.3, 0.4) is 0 Å². The quantitative estimate of drug-likeness (QED) is 0.269. The molecule has 15 heavy (non-hydrogen) atoms. The van der Waals surface area contributed by atoms with Crippen LogP contribution in [0.4, 0.5) is 4.39 Å². The number of nitro groups is 2. The van der Waals surface area contributed by atoms with Crippen molar-refractivity contribution in [1.82, 2.24) is 0 Å². The maximum absolute atomic E-state index is 12.4. The number of hydrogen-bond acceptors (Lipinski definition) is 4. The Balaban J connectivity index is 0.00000196. The molecule has 0 aliphatic carbocycles. The van der Waals surface area contributed by atoms with Crippen LogP contribution in [0.5, 0.6) is 0 Å². The Bertz CT molecular complexity index is 356. The summed E-state index contributed by atoms with van der Waals surface area (Å²) in [5.74, 6) is -0.611. The first-order valence-corrected chi connectivity index (χ1v) is 3.44. The normalized spacial score (nSPS) is 8.87. The molecule has 1 aromatic rings. The smallest absolute Gasteiger partial charge is 0.265 e. The summed E-state index contributed by atoms with van der Waals surface area (Å²) in [6.07, 6.45) is -1.16. The second-order valence-electron chi connectivity index (χ2n) is 2.34. The van der Waals surface area contributed by atoms with E-state index in [1.54, 1.807) is 0 Å². The van der Waals surface area contributed by atoms with Crippen LogP contribution in [0.15, 0.2) is 24.3 Å². The van der Waals surface area contributed by atoms with E-state index in [1.165, 1.54) is 0 Å². The van der Waals surface area contributed by atoms with Crippen LogP contribution in [0.1, 0.15) is 5.56 Å². The summed E-state index contributed by atoms with van der Waals surface area (Å²) in [7, 11) is 0. The molecule has 1 rings (SSSR count). The van der Waals surface area contributed by atoms with Crippen LogP contribution in [-0.4, -0.2) is 9.85 Å². The van der Waals surface area contributed by atoms with Crippen LogP contribution in [0, 0.1) is 32.2 Å². The minimum absolute atomic E-state index is 0.